The van der Waals surface area contributed by atoms with Gasteiger partial charge in [0.1, 0.15) is 0 Å². The summed E-state index contributed by atoms with van der Waals surface area (Å²) in [4.78, 5) is 13.0. The van der Waals surface area contributed by atoms with Gasteiger partial charge in [-0.1, -0.05) is 41.5 Å². The quantitative estimate of drug-likeness (QED) is 0.144. The summed E-state index contributed by atoms with van der Waals surface area (Å²) in [6.07, 6.45) is 6.30. The van der Waals surface area contributed by atoms with Crippen LogP contribution in [0.2, 0.25) is 36.3 Å². The van der Waals surface area contributed by atoms with Crippen molar-refractivity contribution in [3.05, 3.63) is 0 Å². The smallest absolute Gasteiger partial charge is 0.238 e. The zero-order valence-corrected chi connectivity index (χ0v) is 21.2. The Balaban J connectivity index is 1.83. The van der Waals surface area contributed by atoms with Crippen LogP contribution in [0.3, 0.4) is 0 Å². The van der Waals surface area contributed by atoms with Crippen molar-refractivity contribution in [1.82, 2.24) is 0 Å². The monoisotopic (exact) mass is 428 g/mol. The molecular formula is C22H44O4Si2. The van der Waals surface area contributed by atoms with Gasteiger partial charge in [0.2, 0.25) is 22.4 Å². The standard InChI is InChI=1S/C22H44O4Si2/c1-7-27(8-2,9-3)25-23-22(24-26-28(10-4,11-5)12-6)20-14-18-13-19(16-20)17-21(22)15-18/h18-21H,7-17H2,1-6H3. The van der Waals surface area contributed by atoms with E-state index in [1.165, 1.54) is 32.1 Å². The van der Waals surface area contributed by atoms with E-state index in [1.54, 1.807) is 0 Å². The van der Waals surface area contributed by atoms with Crippen LogP contribution in [-0.4, -0.2) is 22.4 Å². The van der Waals surface area contributed by atoms with E-state index in [4.69, 9.17) is 18.9 Å². The molecule has 0 radical (unpaired) electrons. The van der Waals surface area contributed by atoms with Gasteiger partial charge in [-0.05, 0) is 80.2 Å². The molecule has 164 valence electrons. The second kappa shape index (κ2) is 9.19. The van der Waals surface area contributed by atoms with E-state index in [9.17, 15) is 0 Å². The van der Waals surface area contributed by atoms with E-state index in [0.717, 1.165) is 48.1 Å². The molecule has 0 aromatic carbocycles. The topological polar surface area (TPSA) is 36.9 Å². The predicted octanol–water partition coefficient (Wildman–Crippen LogP) is 7.05. The average molecular weight is 429 g/mol. The van der Waals surface area contributed by atoms with Crippen LogP contribution in [0, 0.1) is 23.7 Å². The van der Waals surface area contributed by atoms with Gasteiger partial charge in [0, 0.05) is 11.8 Å². The molecule has 0 aromatic heterocycles. The summed E-state index contributed by atoms with van der Waals surface area (Å²) in [6.45, 7) is 13.5. The SMILES string of the molecule is CC[Si](CC)(CC)OOC1(OO[Si](CC)(CC)CC)C2CC3CC(C2)CC1C3. The van der Waals surface area contributed by atoms with Gasteiger partial charge < -0.3 is 0 Å². The molecule has 0 aliphatic heterocycles. The van der Waals surface area contributed by atoms with Gasteiger partial charge in [0.25, 0.3) is 0 Å². The molecule has 0 atom stereocenters. The molecule has 4 rings (SSSR count). The van der Waals surface area contributed by atoms with Crippen molar-refractivity contribution in [2.75, 3.05) is 0 Å². The highest BCUT2D eigenvalue weighted by atomic mass is 28.4. The van der Waals surface area contributed by atoms with Gasteiger partial charge in [-0.15, -0.1) is 0 Å². The number of rotatable bonds is 12. The van der Waals surface area contributed by atoms with E-state index < -0.39 is 22.4 Å². The minimum Gasteiger partial charge on any atom is -0.283 e. The highest BCUT2D eigenvalue weighted by Crippen LogP contribution is 2.60. The maximum absolute atomic E-state index is 6.51. The first kappa shape index (κ1) is 22.9. The van der Waals surface area contributed by atoms with Crippen LogP contribution in [-0.2, 0) is 18.9 Å². The average Bonchev–Trinajstić information content (AvgIpc) is 2.73. The second-order valence-corrected chi connectivity index (χ2v) is 19.2. The Morgan fingerprint density at radius 3 is 1.18 bits per heavy atom. The van der Waals surface area contributed by atoms with Crippen molar-refractivity contribution < 1.29 is 18.9 Å². The molecule has 4 saturated carbocycles. The predicted molar refractivity (Wildman–Crippen MR) is 119 cm³/mol. The highest BCUT2D eigenvalue weighted by Gasteiger charge is 2.62. The number of hydrogen-bond acceptors (Lipinski definition) is 4. The third kappa shape index (κ3) is 4.06. The van der Waals surface area contributed by atoms with Crippen LogP contribution in [0.25, 0.3) is 0 Å². The molecule has 0 spiro atoms. The Morgan fingerprint density at radius 2 is 0.893 bits per heavy atom. The molecule has 6 heteroatoms. The highest BCUT2D eigenvalue weighted by molar-refractivity contribution is 6.73. The summed E-state index contributed by atoms with van der Waals surface area (Å²) in [5.41, 5.74) is 0. The minimum absolute atomic E-state index is 0.429. The Hall–Kier alpha value is 0.274. The third-order valence-electron chi connectivity index (χ3n) is 8.84. The van der Waals surface area contributed by atoms with Crippen molar-refractivity contribution in [1.29, 1.82) is 0 Å². The van der Waals surface area contributed by atoms with Crippen LogP contribution in [0.5, 0.6) is 0 Å². The summed E-state index contributed by atoms with van der Waals surface area (Å²) in [6, 6.07) is 6.55. The Kier molecular flexibility index (Phi) is 7.53. The van der Waals surface area contributed by atoms with Crippen LogP contribution < -0.4 is 0 Å². The van der Waals surface area contributed by atoms with Gasteiger partial charge in [0.05, 0.1) is 0 Å². The van der Waals surface area contributed by atoms with Gasteiger partial charge in [-0.25, -0.2) is 9.78 Å². The molecule has 0 saturated heterocycles. The Labute approximate surface area is 175 Å². The molecule has 0 heterocycles. The zero-order valence-electron chi connectivity index (χ0n) is 19.2. The lowest BCUT2D eigenvalue weighted by molar-refractivity contribution is -0.513. The summed E-state index contributed by atoms with van der Waals surface area (Å²) < 4.78 is 12.8. The first-order valence-corrected chi connectivity index (χ1v) is 17.2. The third-order valence-corrected chi connectivity index (χ3v) is 17.4. The summed E-state index contributed by atoms with van der Waals surface area (Å²) in [5, 5.41) is 0. The molecule has 0 aromatic rings. The minimum atomic E-state index is -1.85. The van der Waals surface area contributed by atoms with Crippen molar-refractivity contribution >= 4 is 16.6 Å². The van der Waals surface area contributed by atoms with Crippen LogP contribution >= 0.6 is 0 Å². The molecule has 4 aliphatic rings. The van der Waals surface area contributed by atoms with E-state index >= 15 is 0 Å². The van der Waals surface area contributed by atoms with E-state index in [-0.39, 0.29) is 0 Å². The first-order chi connectivity index (χ1) is 13.4. The Morgan fingerprint density at radius 1 is 0.571 bits per heavy atom. The van der Waals surface area contributed by atoms with Crippen molar-refractivity contribution in [3.8, 4) is 0 Å². The van der Waals surface area contributed by atoms with Gasteiger partial charge in [-0.3, -0.25) is 9.15 Å². The summed E-state index contributed by atoms with van der Waals surface area (Å²) in [5.74, 6) is 1.91. The van der Waals surface area contributed by atoms with Crippen LogP contribution in [0.1, 0.15) is 73.6 Å². The van der Waals surface area contributed by atoms with Crippen molar-refractivity contribution in [3.63, 3.8) is 0 Å². The molecule has 0 N–H and O–H groups in total. The normalized spacial score (nSPS) is 31.5. The molecule has 4 bridgehead atoms. The fourth-order valence-corrected chi connectivity index (χ4v) is 10.6. The molecule has 4 nitrogen and oxygen atoms in total. The van der Waals surface area contributed by atoms with Gasteiger partial charge >= 0.3 is 0 Å². The lowest BCUT2D eigenvalue weighted by Gasteiger charge is -2.59. The maximum Gasteiger partial charge on any atom is 0.238 e. The van der Waals surface area contributed by atoms with Gasteiger partial charge in [-0.2, -0.15) is 0 Å². The van der Waals surface area contributed by atoms with Crippen LogP contribution in [0.15, 0.2) is 0 Å². The fraction of sp³-hybridized carbons (Fsp3) is 1.00. The van der Waals surface area contributed by atoms with E-state index in [2.05, 4.69) is 41.5 Å². The van der Waals surface area contributed by atoms with E-state index in [0.29, 0.717) is 11.8 Å². The van der Waals surface area contributed by atoms with Crippen molar-refractivity contribution in [2.45, 2.75) is 116 Å². The Bertz CT molecular complexity index is 434. The second-order valence-electron chi connectivity index (χ2n) is 9.85. The van der Waals surface area contributed by atoms with E-state index in [1.807, 2.05) is 0 Å². The van der Waals surface area contributed by atoms with Gasteiger partial charge in [0.15, 0.2) is 0 Å². The first-order valence-electron chi connectivity index (χ1n) is 12.2. The summed E-state index contributed by atoms with van der Waals surface area (Å²) >= 11 is 0. The fourth-order valence-electron chi connectivity index (χ4n) is 6.29. The van der Waals surface area contributed by atoms with Crippen molar-refractivity contribution in [2.24, 2.45) is 23.7 Å². The van der Waals surface area contributed by atoms with Crippen LogP contribution in [0.4, 0.5) is 0 Å². The molecule has 4 aliphatic carbocycles. The molecule has 28 heavy (non-hydrogen) atoms. The molecule has 4 fully saturated rings. The maximum atomic E-state index is 6.51. The zero-order chi connectivity index (χ0) is 20.4. The lowest BCUT2D eigenvalue weighted by Crippen LogP contribution is -2.62. The number of hydrogen-bond donors (Lipinski definition) is 0. The largest absolute Gasteiger partial charge is 0.283 e. The summed E-state index contributed by atoms with van der Waals surface area (Å²) in [7, 11) is -3.70. The molecule has 0 amide bonds. The molecular weight excluding hydrogens is 384 g/mol. The molecule has 0 unspecified atom stereocenters. The lowest BCUT2D eigenvalue weighted by atomic mass is 9.53.